The van der Waals surface area contributed by atoms with Crippen LogP contribution in [0.4, 0.5) is 11.4 Å². The zero-order valence-electron chi connectivity index (χ0n) is 18.0. The zero-order chi connectivity index (χ0) is 22.3. The molecule has 1 heterocycles. The summed E-state index contributed by atoms with van der Waals surface area (Å²) in [5.41, 5.74) is 3.11. The maximum atomic E-state index is 12.8. The second-order valence-corrected chi connectivity index (χ2v) is 7.78. The van der Waals surface area contributed by atoms with E-state index >= 15 is 0 Å². The van der Waals surface area contributed by atoms with Gasteiger partial charge in [0, 0.05) is 35.2 Å². The van der Waals surface area contributed by atoms with Crippen molar-refractivity contribution in [2.75, 3.05) is 23.8 Å². The number of hydrogen-bond donors (Lipinski definition) is 2. The molecule has 1 aliphatic rings. The first kappa shape index (κ1) is 21.6. The van der Waals surface area contributed by atoms with Gasteiger partial charge in [0.15, 0.2) is 0 Å². The molecule has 1 saturated heterocycles. The monoisotopic (exact) mass is 430 g/mol. The van der Waals surface area contributed by atoms with Gasteiger partial charge in [0.1, 0.15) is 12.4 Å². The van der Waals surface area contributed by atoms with Crippen LogP contribution in [0.15, 0.2) is 72.8 Å². The maximum absolute atomic E-state index is 12.8. The predicted octanol–water partition coefficient (Wildman–Crippen LogP) is 5.06. The van der Waals surface area contributed by atoms with E-state index in [0.717, 1.165) is 25.0 Å². The third-order valence-corrected chi connectivity index (χ3v) is 5.34. The number of rotatable bonds is 7. The number of aryl methyl sites for hydroxylation is 1. The number of nitrogens with one attached hydrogen (secondary N) is 2. The fraction of sp³-hybridized carbons (Fsp3) is 0.231. The minimum atomic E-state index is -0.267. The van der Waals surface area contributed by atoms with Crippen LogP contribution in [-0.4, -0.2) is 31.1 Å². The van der Waals surface area contributed by atoms with Crippen LogP contribution in [0, 0.1) is 6.92 Å². The number of ether oxygens (including phenoxy) is 2. The predicted molar refractivity (Wildman–Crippen MR) is 124 cm³/mol. The molecule has 0 bridgehead atoms. The van der Waals surface area contributed by atoms with Crippen LogP contribution in [0.5, 0.6) is 5.75 Å². The summed E-state index contributed by atoms with van der Waals surface area (Å²) in [5, 5.41) is 5.78. The molecular formula is C26H26N2O4. The number of carbonyl (C=O) groups excluding carboxylic acids is 2. The van der Waals surface area contributed by atoms with Crippen molar-refractivity contribution in [1.29, 1.82) is 0 Å². The van der Waals surface area contributed by atoms with E-state index in [9.17, 15) is 9.59 Å². The highest BCUT2D eigenvalue weighted by Crippen LogP contribution is 2.22. The molecule has 6 heteroatoms. The van der Waals surface area contributed by atoms with Gasteiger partial charge in [-0.15, -0.1) is 0 Å². The molecule has 1 aliphatic heterocycles. The summed E-state index contributed by atoms with van der Waals surface area (Å²) in [6.45, 7) is 3.17. The van der Waals surface area contributed by atoms with Gasteiger partial charge < -0.3 is 20.1 Å². The quantitative estimate of drug-likeness (QED) is 0.549. The molecule has 3 aromatic carbocycles. The molecule has 0 aromatic heterocycles. The maximum Gasteiger partial charge on any atom is 0.255 e. The van der Waals surface area contributed by atoms with E-state index < -0.39 is 0 Å². The van der Waals surface area contributed by atoms with Gasteiger partial charge in [0.2, 0.25) is 0 Å². The van der Waals surface area contributed by atoms with Gasteiger partial charge in [0.25, 0.3) is 11.8 Å². The largest absolute Gasteiger partial charge is 0.491 e. The minimum Gasteiger partial charge on any atom is -0.491 e. The first-order valence-corrected chi connectivity index (χ1v) is 10.7. The van der Waals surface area contributed by atoms with Crippen molar-refractivity contribution >= 4 is 23.2 Å². The Morgan fingerprint density at radius 1 is 0.938 bits per heavy atom. The number of carbonyl (C=O) groups is 2. The first-order chi connectivity index (χ1) is 15.6. The van der Waals surface area contributed by atoms with Crippen LogP contribution in [-0.2, 0) is 4.74 Å². The molecule has 0 radical (unpaired) electrons. The van der Waals surface area contributed by atoms with Crippen LogP contribution >= 0.6 is 0 Å². The molecule has 0 saturated carbocycles. The lowest BCUT2D eigenvalue weighted by Crippen LogP contribution is -2.17. The van der Waals surface area contributed by atoms with Gasteiger partial charge in [-0.3, -0.25) is 9.59 Å². The second-order valence-electron chi connectivity index (χ2n) is 7.78. The molecule has 1 fully saturated rings. The Kier molecular flexibility index (Phi) is 6.82. The van der Waals surface area contributed by atoms with Crippen molar-refractivity contribution in [2.45, 2.75) is 25.9 Å². The third-order valence-electron chi connectivity index (χ3n) is 5.34. The molecular weight excluding hydrogens is 404 g/mol. The molecule has 1 unspecified atom stereocenters. The summed E-state index contributed by atoms with van der Waals surface area (Å²) in [5.74, 6) is 0.192. The van der Waals surface area contributed by atoms with Crippen molar-refractivity contribution in [2.24, 2.45) is 0 Å². The van der Waals surface area contributed by atoms with Crippen molar-refractivity contribution in [3.05, 3.63) is 89.5 Å². The summed E-state index contributed by atoms with van der Waals surface area (Å²) >= 11 is 0. The molecule has 0 spiro atoms. The normalized spacial score (nSPS) is 15.2. The minimum absolute atomic E-state index is 0.130. The number of benzene rings is 3. The number of hydrogen-bond acceptors (Lipinski definition) is 4. The molecule has 32 heavy (non-hydrogen) atoms. The van der Waals surface area contributed by atoms with Crippen molar-refractivity contribution in [3.63, 3.8) is 0 Å². The summed E-state index contributed by atoms with van der Waals surface area (Å²) in [7, 11) is 0. The van der Waals surface area contributed by atoms with E-state index in [1.165, 1.54) is 0 Å². The van der Waals surface area contributed by atoms with Gasteiger partial charge in [-0.25, -0.2) is 0 Å². The number of anilines is 2. The molecule has 6 nitrogen and oxygen atoms in total. The van der Waals surface area contributed by atoms with Crippen LogP contribution in [0.25, 0.3) is 0 Å². The van der Waals surface area contributed by atoms with E-state index in [-0.39, 0.29) is 17.9 Å². The summed E-state index contributed by atoms with van der Waals surface area (Å²) in [6.07, 6.45) is 2.20. The lowest BCUT2D eigenvalue weighted by Gasteiger charge is -2.13. The second kappa shape index (κ2) is 10.1. The fourth-order valence-corrected chi connectivity index (χ4v) is 3.51. The Morgan fingerprint density at radius 3 is 2.53 bits per heavy atom. The van der Waals surface area contributed by atoms with E-state index in [2.05, 4.69) is 10.6 Å². The van der Waals surface area contributed by atoms with E-state index in [0.29, 0.717) is 34.9 Å². The van der Waals surface area contributed by atoms with Gasteiger partial charge in [0.05, 0.1) is 6.10 Å². The van der Waals surface area contributed by atoms with Crippen LogP contribution in [0.3, 0.4) is 0 Å². The molecule has 2 N–H and O–H groups in total. The van der Waals surface area contributed by atoms with Gasteiger partial charge in [-0.2, -0.15) is 0 Å². The molecule has 2 amide bonds. The van der Waals surface area contributed by atoms with Crippen LogP contribution < -0.4 is 15.4 Å². The standard InChI is InChI=1S/C26H26N2O4/c1-18-12-13-20(15-24(18)28-25(29)19-7-3-2-4-8-19)26(30)27-21-9-5-10-22(16-21)32-17-23-11-6-14-31-23/h2-5,7-10,12-13,15-16,23H,6,11,14,17H2,1H3,(H,27,30)(H,28,29). The summed E-state index contributed by atoms with van der Waals surface area (Å²) in [4.78, 5) is 25.3. The Bertz CT molecular complexity index is 1090. The highest BCUT2D eigenvalue weighted by Gasteiger charge is 2.16. The number of amides is 2. The van der Waals surface area contributed by atoms with Gasteiger partial charge in [-0.05, 0) is 61.7 Å². The van der Waals surface area contributed by atoms with Crippen LogP contribution in [0.2, 0.25) is 0 Å². The van der Waals surface area contributed by atoms with Crippen molar-refractivity contribution in [1.82, 2.24) is 0 Å². The Balaban J connectivity index is 1.41. The van der Waals surface area contributed by atoms with E-state index in [1.807, 2.05) is 49.4 Å². The molecule has 1 atom stereocenters. The highest BCUT2D eigenvalue weighted by atomic mass is 16.5. The molecule has 4 rings (SSSR count). The Hall–Kier alpha value is -3.64. The third kappa shape index (κ3) is 5.53. The lowest BCUT2D eigenvalue weighted by molar-refractivity contribution is 0.0680. The molecule has 164 valence electrons. The fourth-order valence-electron chi connectivity index (χ4n) is 3.51. The smallest absolute Gasteiger partial charge is 0.255 e. The molecule has 3 aromatic rings. The van der Waals surface area contributed by atoms with Crippen LogP contribution in [0.1, 0.15) is 39.1 Å². The average Bonchev–Trinajstić information content (AvgIpc) is 3.34. The topological polar surface area (TPSA) is 76.7 Å². The Morgan fingerprint density at radius 2 is 1.75 bits per heavy atom. The highest BCUT2D eigenvalue weighted by molar-refractivity contribution is 6.07. The van der Waals surface area contributed by atoms with Crippen molar-refractivity contribution in [3.8, 4) is 5.75 Å². The lowest BCUT2D eigenvalue weighted by atomic mass is 10.1. The summed E-state index contributed by atoms with van der Waals surface area (Å²) < 4.78 is 11.4. The Labute approximate surface area is 187 Å². The molecule has 0 aliphatic carbocycles. The SMILES string of the molecule is Cc1ccc(C(=O)Nc2cccc(OCC3CCCO3)c2)cc1NC(=O)c1ccccc1. The zero-order valence-corrected chi connectivity index (χ0v) is 18.0. The average molecular weight is 431 g/mol. The first-order valence-electron chi connectivity index (χ1n) is 10.7. The van der Waals surface area contributed by atoms with Crippen molar-refractivity contribution < 1.29 is 19.1 Å². The van der Waals surface area contributed by atoms with Gasteiger partial charge in [-0.1, -0.05) is 30.3 Å². The summed E-state index contributed by atoms with van der Waals surface area (Å²) in [6, 6.07) is 21.5. The van der Waals surface area contributed by atoms with E-state index in [1.54, 1.807) is 30.3 Å². The van der Waals surface area contributed by atoms with Gasteiger partial charge >= 0.3 is 0 Å². The van der Waals surface area contributed by atoms with E-state index in [4.69, 9.17) is 9.47 Å².